The lowest BCUT2D eigenvalue weighted by Gasteiger charge is -2.33. The number of urea groups is 1. The van der Waals surface area contributed by atoms with E-state index in [2.05, 4.69) is 77.0 Å². The smallest absolute Gasteiger partial charge is 0.325 e. The van der Waals surface area contributed by atoms with Crippen molar-refractivity contribution in [3.05, 3.63) is 136 Å². The number of aryl methyl sites for hydroxylation is 1. The normalized spacial score (nSPS) is 14.7. The van der Waals surface area contributed by atoms with E-state index in [0.717, 1.165) is 78.8 Å². The minimum Gasteiger partial charge on any atom is -0.494 e. The predicted octanol–water partition coefficient (Wildman–Crippen LogP) is 8.33. The Morgan fingerprint density at radius 3 is 2.20 bits per heavy atom. The molecule has 1 saturated heterocycles. The molecule has 1 aliphatic carbocycles. The molecule has 3 aromatic carbocycles. The van der Waals surface area contributed by atoms with Crippen LogP contribution in [0.15, 0.2) is 130 Å². The molecule has 2 aliphatic rings. The first-order valence-corrected chi connectivity index (χ1v) is 30.4. The number of nitrogens with two attached hydrogens (primary N) is 1. The molecule has 2 unspecified atom stereocenters. The number of rotatable bonds is 38. The molecule has 4 aromatic rings. The first-order chi connectivity index (χ1) is 40.8. The van der Waals surface area contributed by atoms with Crippen LogP contribution in [0.4, 0.5) is 15.6 Å². The van der Waals surface area contributed by atoms with Gasteiger partial charge in [-0.05, 0) is 125 Å². The Hall–Kier alpha value is -6.79. The molecule has 1 aliphatic heterocycles. The molecule has 1 saturated carbocycles. The Kier molecular flexibility index (Phi) is 29.1. The van der Waals surface area contributed by atoms with Crippen LogP contribution < -0.4 is 31.3 Å². The topological polar surface area (TPSA) is 227 Å². The van der Waals surface area contributed by atoms with Crippen molar-refractivity contribution in [1.82, 2.24) is 29.9 Å². The molecule has 84 heavy (non-hydrogen) atoms. The summed E-state index contributed by atoms with van der Waals surface area (Å²) in [6.45, 7) is 18.6. The van der Waals surface area contributed by atoms with Gasteiger partial charge in [0.1, 0.15) is 24.1 Å². The number of likely N-dealkylation sites (N-methyl/N-ethyl adjacent to an activating group) is 2. The molecule has 1 aromatic heterocycles. The third kappa shape index (κ3) is 24.1. The maximum Gasteiger partial charge on any atom is 0.325 e. The van der Waals surface area contributed by atoms with Crippen LogP contribution in [0.3, 0.4) is 0 Å². The summed E-state index contributed by atoms with van der Waals surface area (Å²) < 4.78 is 29.9. The predicted molar refractivity (Wildman–Crippen MR) is 336 cm³/mol. The van der Waals surface area contributed by atoms with E-state index in [-0.39, 0.29) is 42.6 Å². The quantitative estimate of drug-likeness (QED) is 0.0109. The van der Waals surface area contributed by atoms with Gasteiger partial charge in [0, 0.05) is 73.4 Å². The molecule has 20 nitrogen and oxygen atoms in total. The number of allylic oxidation sites excluding steroid dienone is 2. The van der Waals surface area contributed by atoms with Gasteiger partial charge in [0.05, 0.1) is 76.7 Å². The number of anilines is 2. The first-order valence-electron chi connectivity index (χ1n) is 28.8. The lowest BCUT2D eigenvalue weighted by atomic mass is 10.0. The number of ether oxygens (including phenoxy) is 5. The summed E-state index contributed by atoms with van der Waals surface area (Å²) in [5, 5.41) is 14.7. The SMILES string of the molecule is C=C/C=C(\C=C)C(C)NC(=O)C(c1ccc(Br)cc1)N(C(=O)CCc1ccc(OCCCCN(C)CCOCCOCC/C(C=NCCOCCOc2ccc(NC(=O)Nc3nc(CC(=O)N4CCN(C)CC4)cs3)cc2)=N/N)cc1)C1CC1. The van der Waals surface area contributed by atoms with Crippen molar-refractivity contribution in [2.75, 3.05) is 123 Å². The second kappa shape index (κ2) is 36.8. The number of hydrazone groups is 1. The van der Waals surface area contributed by atoms with Crippen LogP contribution in [-0.2, 0) is 41.4 Å². The average molecular weight is 1240 g/mol. The molecule has 454 valence electrons. The van der Waals surface area contributed by atoms with E-state index in [4.69, 9.17) is 29.5 Å². The minimum atomic E-state index is -0.762. The molecule has 2 fully saturated rings. The molecule has 22 heteroatoms. The lowest BCUT2D eigenvalue weighted by molar-refractivity contribution is -0.141. The van der Waals surface area contributed by atoms with Gasteiger partial charge in [-0.1, -0.05) is 71.6 Å². The number of hydrogen-bond acceptors (Lipinski definition) is 16. The minimum absolute atomic E-state index is 0.0157. The number of halogens is 1. The number of carbonyl (C=O) groups is 4. The van der Waals surface area contributed by atoms with E-state index in [1.807, 2.05) is 73.5 Å². The lowest BCUT2D eigenvalue weighted by Crippen LogP contribution is -2.47. The summed E-state index contributed by atoms with van der Waals surface area (Å²) in [6.07, 6.45) is 12.0. The van der Waals surface area contributed by atoms with Crippen molar-refractivity contribution < 1.29 is 42.9 Å². The van der Waals surface area contributed by atoms with E-state index < -0.39 is 12.1 Å². The van der Waals surface area contributed by atoms with Crippen molar-refractivity contribution in [2.24, 2.45) is 15.9 Å². The maximum atomic E-state index is 14.0. The van der Waals surface area contributed by atoms with Gasteiger partial charge in [0.25, 0.3) is 0 Å². The summed E-state index contributed by atoms with van der Waals surface area (Å²) in [5.41, 5.74) is 4.47. The molecule has 6 rings (SSSR count). The van der Waals surface area contributed by atoms with Crippen LogP contribution in [0, 0.1) is 0 Å². The van der Waals surface area contributed by atoms with E-state index in [9.17, 15) is 19.2 Å². The number of nitrogens with one attached hydrogen (secondary N) is 3. The number of thiazole rings is 1. The number of hydrogen-bond donors (Lipinski definition) is 4. The zero-order valence-corrected chi connectivity index (χ0v) is 51.3. The largest absolute Gasteiger partial charge is 0.494 e. The molecular formula is C62H84BrN11O9S. The van der Waals surface area contributed by atoms with Crippen molar-refractivity contribution in [3.63, 3.8) is 0 Å². The van der Waals surface area contributed by atoms with E-state index >= 15 is 0 Å². The van der Waals surface area contributed by atoms with Crippen LogP contribution in [0.2, 0.25) is 0 Å². The number of benzene rings is 3. The summed E-state index contributed by atoms with van der Waals surface area (Å²) in [7, 11) is 4.13. The van der Waals surface area contributed by atoms with Gasteiger partial charge in [0.15, 0.2) is 5.13 Å². The molecular weight excluding hydrogens is 1150 g/mol. The van der Waals surface area contributed by atoms with Crippen LogP contribution in [0.5, 0.6) is 11.5 Å². The number of piperazine rings is 1. The van der Waals surface area contributed by atoms with Gasteiger partial charge in [-0.2, -0.15) is 5.10 Å². The second-order valence-electron chi connectivity index (χ2n) is 20.5. The van der Waals surface area contributed by atoms with Gasteiger partial charge >= 0.3 is 6.03 Å². The van der Waals surface area contributed by atoms with Gasteiger partial charge in [-0.15, -0.1) is 11.3 Å². The number of carbonyl (C=O) groups excluding carboxylic acids is 4. The van der Waals surface area contributed by atoms with Gasteiger partial charge in [-0.3, -0.25) is 24.7 Å². The fourth-order valence-corrected chi connectivity index (χ4v) is 9.93. The van der Waals surface area contributed by atoms with Crippen molar-refractivity contribution in [1.29, 1.82) is 0 Å². The molecule has 5 amide bonds. The zero-order chi connectivity index (χ0) is 59.9. The third-order valence-electron chi connectivity index (χ3n) is 13.9. The standard InChI is InChI=1S/C62H84BrN11O9S/c1-6-10-48(7-2)46(3)66-60(77)59(49-14-16-50(63)17-15-49)74(54-20-21-54)57(75)26-13-47-11-22-55(23-12-47)82-35-9-8-29-71(4)34-38-81-40-39-79-36-27-52(70-64)44-65-28-37-80-41-42-83-56-24-18-51(19-25-56)67-61(78)69-62-68-53(45-84-62)43-58(76)73-32-30-72(5)31-33-73/h6-7,10-12,14-19,22-25,44-46,54,59H,1-2,8-9,13,20-21,26-43,64H2,3-5H3,(H,66,77)(H2,67,68,69,78)/b48-10+,65-44?,70-52-. The number of amides is 5. The second-order valence-corrected chi connectivity index (χ2v) is 22.3. The van der Waals surface area contributed by atoms with E-state index in [1.54, 1.807) is 52.9 Å². The van der Waals surface area contributed by atoms with Crippen LogP contribution >= 0.6 is 27.3 Å². The average Bonchev–Trinajstić information content (AvgIpc) is 4.40. The Morgan fingerprint density at radius 2 is 1.51 bits per heavy atom. The summed E-state index contributed by atoms with van der Waals surface area (Å²) in [4.78, 5) is 70.1. The van der Waals surface area contributed by atoms with Crippen molar-refractivity contribution in [3.8, 4) is 11.5 Å². The van der Waals surface area contributed by atoms with E-state index in [0.29, 0.717) is 113 Å². The van der Waals surface area contributed by atoms with Gasteiger partial charge in [-0.25, -0.2) is 9.78 Å². The highest BCUT2D eigenvalue weighted by molar-refractivity contribution is 9.10. The third-order valence-corrected chi connectivity index (χ3v) is 15.3. The zero-order valence-electron chi connectivity index (χ0n) is 48.9. The molecule has 2 atom stereocenters. The number of nitrogens with zero attached hydrogens (tertiary/aromatic N) is 7. The molecule has 0 bridgehead atoms. The van der Waals surface area contributed by atoms with Crippen LogP contribution in [0.25, 0.3) is 0 Å². The summed E-state index contributed by atoms with van der Waals surface area (Å²) in [6, 6.07) is 21.0. The highest BCUT2D eigenvalue weighted by Crippen LogP contribution is 2.36. The van der Waals surface area contributed by atoms with Gasteiger partial charge in [0.2, 0.25) is 17.7 Å². The number of aliphatic imine (C=N–C) groups is 1. The monoisotopic (exact) mass is 1240 g/mol. The fourth-order valence-electron chi connectivity index (χ4n) is 8.97. The van der Waals surface area contributed by atoms with Crippen molar-refractivity contribution in [2.45, 2.75) is 76.4 Å². The Balaban J connectivity index is 0.737. The Bertz CT molecular complexity index is 2770. The highest BCUT2D eigenvalue weighted by Gasteiger charge is 2.41. The number of aromatic nitrogens is 1. The van der Waals surface area contributed by atoms with Crippen LogP contribution in [-0.4, -0.2) is 185 Å². The number of unbranched alkanes of at least 4 members (excludes halogenated alkanes) is 1. The summed E-state index contributed by atoms with van der Waals surface area (Å²) in [5.74, 6) is 6.77. The van der Waals surface area contributed by atoms with Gasteiger partial charge < -0.3 is 59.8 Å². The molecule has 2 heterocycles. The highest BCUT2D eigenvalue weighted by atomic mass is 79.9. The fraction of sp³-hybridized carbons (Fsp3) is 0.468. The first kappa shape index (κ1) is 66.4. The van der Waals surface area contributed by atoms with Crippen LogP contribution in [0.1, 0.15) is 68.3 Å². The maximum absolute atomic E-state index is 14.0. The van der Waals surface area contributed by atoms with E-state index in [1.165, 1.54) is 11.3 Å². The summed E-state index contributed by atoms with van der Waals surface area (Å²) >= 11 is 4.78. The molecule has 0 radical (unpaired) electrons. The van der Waals surface area contributed by atoms with Crippen molar-refractivity contribution >= 4 is 73.8 Å². The molecule has 0 spiro atoms. The Morgan fingerprint density at radius 1 is 0.833 bits per heavy atom. The Labute approximate surface area is 507 Å². The molecule has 5 N–H and O–H groups in total.